The Morgan fingerprint density at radius 3 is 1.54 bits per heavy atom. The van der Waals surface area contributed by atoms with Crippen LogP contribution in [0, 0.1) is 17.0 Å². The van der Waals surface area contributed by atoms with Crippen LogP contribution in [0.25, 0.3) is 0 Å². The highest BCUT2D eigenvalue weighted by atomic mass is 79.9. The molecular formula is C76H98Br2Cl2N30O7. The average molecular weight is 1770 g/mol. The van der Waals surface area contributed by atoms with Crippen molar-refractivity contribution in [2.75, 3.05) is 40.3 Å². The van der Waals surface area contributed by atoms with Crippen LogP contribution < -0.4 is 104 Å². The van der Waals surface area contributed by atoms with Gasteiger partial charge in [-0.05, 0) is 129 Å². The number of halogens is 4. The molecule has 8 aromatic carbocycles. The number of benzene rings is 8. The Balaban J connectivity index is 0.000000465. The van der Waals surface area contributed by atoms with E-state index in [4.69, 9.17) is 122 Å². The summed E-state index contributed by atoms with van der Waals surface area (Å²) in [7, 11) is 8.22. The van der Waals surface area contributed by atoms with Crippen LogP contribution in [-0.4, -0.2) is 129 Å². The molecule has 0 aliphatic heterocycles. The number of hydrogen-bond donors (Lipinski definition) is 15. The molecule has 41 heteroatoms. The molecule has 0 heterocycles. The molecule has 8 rings (SSSR count). The second-order valence-corrected chi connectivity index (χ2v) is 26.0. The van der Waals surface area contributed by atoms with Gasteiger partial charge in [0.05, 0.1) is 73.3 Å². The molecule has 37 nitrogen and oxygen atoms in total. The highest BCUT2D eigenvalue weighted by Crippen LogP contribution is 2.29. The monoisotopic (exact) mass is 1770 g/mol. The summed E-state index contributed by atoms with van der Waals surface area (Å²) in [5, 5.41) is 73.1. The summed E-state index contributed by atoms with van der Waals surface area (Å²) in [6.45, 7) is 8.26. The van der Waals surface area contributed by atoms with Crippen molar-refractivity contribution in [3.8, 4) is 28.7 Å². The summed E-state index contributed by atoms with van der Waals surface area (Å²) in [6, 6.07) is 51.3. The fourth-order valence-electron chi connectivity index (χ4n) is 8.50. The van der Waals surface area contributed by atoms with Crippen molar-refractivity contribution >= 4 is 150 Å². The second-order valence-electron chi connectivity index (χ2n) is 23.4. The smallest absolute Gasteiger partial charge is 0.293 e. The van der Waals surface area contributed by atoms with E-state index in [1.807, 2.05) is 79.7 Å². The number of methoxy groups -OCH3 is 3. The van der Waals surface area contributed by atoms with Crippen molar-refractivity contribution in [3.05, 3.63) is 249 Å². The topological polar surface area (TPSA) is 641 Å². The van der Waals surface area contributed by atoms with Crippen LogP contribution in [0.3, 0.4) is 0 Å². The first-order valence-corrected chi connectivity index (χ1v) is 36.6. The Hall–Kier alpha value is -13.9. The van der Waals surface area contributed by atoms with Gasteiger partial charge in [-0.3, -0.25) is 10.1 Å². The molecule has 0 radical (unpaired) electrons. The van der Waals surface area contributed by atoms with E-state index in [2.05, 4.69) is 141 Å². The number of phenols is 1. The molecule has 8 aromatic rings. The van der Waals surface area contributed by atoms with Crippen molar-refractivity contribution in [1.82, 2.24) is 0 Å². The first-order chi connectivity index (χ1) is 55.6. The summed E-state index contributed by atoms with van der Waals surface area (Å²) in [4.78, 5) is 12.1. The number of guanidine groups is 7. The van der Waals surface area contributed by atoms with Crippen LogP contribution >= 0.6 is 55.1 Å². The summed E-state index contributed by atoms with van der Waals surface area (Å²) in [6.07, 6.45) is 10.1. The molecule has 0 spiro atoms. The number of rotatable bonds is 26. The molecule has 0 aliphatic carbocycles. The van der Waals surface area contributed by atoms with E-state index in [0.717, 1.165) is 72.3 Å². The van der Waals surface area contributed by atoms with E-state index in [0.29, 0.717) is 56.4 Å². The predicted molar refractivity (Wildman–Crippen MR) is 484 cm³/mol. The molecule has 0 aromatic heterocycles. The number of aromatic hydroxyl groups is 1. The lowest BCUT2D eigenvalue weighted by Crippen LogP contribution is -2.22. The Bertz CT molecular complexity index is 4900. The molecule has 117 heavy (non-hydrogen) atoms. The van der Waals surface area contributed by atoms with E-state index in [-0.39, 0.29) is 53.2 Å². The SMILES string of the molecule is C/C(=N\N=C(N)N)c1cc(Br)ccc1Br.C/C(=N\N=C(N)N)c1ccc(Cl)cc1Cl.CCCCC/C(=N\N=C(N)N)c1ccc(C)cc1.CN(C)c1ccc(/C=N/N=C(N)N)cc1[N+](=O)[O-].COc1ccc(OC)c(/C=N/N=C(N)N)c1.COc1cccc(/C=N/N=C(N)N)c1.NC(N)=N/N=C/c1ccc(OCc2ccccc2)cc1O. The van der Waals surface area contributed by atoms with Gasteiger partial charge < -0.3 is 109 Å². The molecule has 0 saturated carbocycles. The fraction of sp³-hybridized carbons (Fsp3) is 0.184. The maximum Gasteiger partial charge on any atom is 0.293 e. The maximum atomic E-state index is 10.9. The van der Waals surface area contributed by atoms with Gasteiger partial charge in [0.1, 0.15) is 41.0 Å². The minimum Gasteiger partial charge on any atom is -0.507 e. The van der Waals surface area contributed by atoms with Crippen molar-refractivity contribution in [1.29, 1.82) is 0 Å². The van der Waals surface area contributed by atoms with Crippen LogP contribution in [0.2, 0.25) is 10.0 Å². The summed E-state index contributed by atoms with van der Waals surface area (Å²) >= 11 is 18.5. The Morgan fingerprint density at radius 2 is 1.03 bits per heavy atom. The van der Waals surface area contributed by atoms with E-state index >= 15 is 0 Å². The van der Waals surface area contributed by atoms with Crippen molar-refractivity contribution in [2.45, 2.75) is 60.0 Å². The Morgan fingerprint density at radius 1 is 0.504 bits per heavy atom. The molecule has 0 unspecified atom stereocenters. The number of nitro benzene ring substituents is 1. The number of nitrogens with zero attached hydrogens (tertiary/aromatic N) is 16. The third-order valence-corrected chi connectivity index (χ3v) is 15.6. The molecule has 0 saturated heterocycles. The van der Waals surface area contributed by atoms with Crippen LogP contribution in [0.4, 0.5) is 11.4 Å². The van der Waals surface area contributed by atoms with E-state index in [9.17, 15) is 15.2 Å². The summed E-state index contributed by atoms with van der Waals surface area (Å²) < 4.78 is 22.8. The van der Waals surface area contributed by atoms with Gasteiger partial charge in [0.25, 0.3) is 5.69 Å². The van der Waals surface area contributed by atoms with Gasteiger partial charge in [0, 0.05) is 68.0 Å². The molecule has 0 fully saturated rings. The van der Waals surface area contributed by atoms with Crippen molar-refractivity contribution < 1.29 is 29.0 Å². The highest BCUT2D eigenvalue weighted by molar-refractivity contribution is 9.11. The molecule has 29 N–H and O–H groups in total. The number of aryl methyl sites for hydroxylation is 1. The van der Waals surface area contributed by atoms with Crippen molar-refractivity contribution in [2.24, 2.45) is 152 Å². The molecule has 0 amide bonds. The van der Waals surface area contributed by atoms with Gasteiger partial charge >= 0.3 is 0 Å². The zero-order valence-electron chi connectivity index (χ0n) is 65.7. The summed E-state index contributed by atoms with van der Waals surface area (Å²) in [5.41, 5.74) is 82.8. The lowest BCUT2D eigenvalue weighted by molar-refractivity contribution is -0.384. The van der Waals surface area contributed by atoms with Gasteiger partial charge in [-0.2, -0.15) is 35.7 Å². The van der Waals surface area contributed by atoms with Crippen molar-refractivity contribution in [3.63, 3.8) is 0 Å². The van der Waals surface area contributed by atoms with Crippen LogP contribution in [0.5, 0.6) is 28.7 Å². The third kappa shape index (κ3) is 43.1. The molecule has 622 valence electrons. The average Bonchev–Trinajstić information content (AvgIpc) is 0.844. The number of nitrogens with two attached hydrogens (primary N) is 14. The highest BCUT2D eigenvalue weighted by Gasteiger charge is 2.16. The molecule has 0 bridgehead atoms. The first-order valence-electron chi connectivity index (χ1n) is 34.3. The minimum atomic E-state index is -0.451. The summed E-state index contributed by atoms with van der Waals surface area (Å²) in [5.74, 6) is 2.09. The van der Waals surface area contributed by atoms with Gasteiger partial charge in [-0.25, -0.2) is 0 Å². The second kappa shape index (κ2) is 55.5. The lowest BCUT2D eigenvalue weighted by Gasteiger charge is -2.12. The number of ether oxygens (including phenoxy) is 4. The molecule has 0 aliphatic rings. The first kappa shape index (κ1) is 99.2. The van der Waals surface area contributed by atoms with Gasteiger partial charge in [0.2, 0.25) is 41.7 Å². The predicted octanol–water partition coefficient (Wildman–Crippen LogP) is 9.21. The number of anilines is 1. The van der Waals surface area contributed by atoms with E-state index in [1.54, 1.807) is 114 Å². The van der Waals surface area contributed by atoms with Gasteiger partial charge in [-0.1, -0.05) is 159 Å². The quantitative estimate of drug-likeness (QED) is 0.00789. The maximum absolute atomic E-state index is 10.9. The van der Waals surface area contributed by atoms with Crippen LogP contribution in [-0.2, 0) is 6.61 Å². The van der Waals surface area contributed by atoms with Crippen LogP contribution in [0.1, 0.15) is 96.5 Å². The molecular weight excluding hydrogens is 1680 g/mol. The number of unbranched alkanes of at least 4 members (excludes halogenated alkanes) is 2. The normalized spacial score (nSPS) is 10.7. The zero-order valence-corrected chi connectivity index (χ0v) is 70.3. The third-order valence-electron chi connectivity index (χ3n) is 13.9. The zero-order chi connectivity index (χ0) is 87.4. The van der Waals surface area contributed by atoms with Gasteiger partial charge in [-0.15, -0.1) is 35.7 Å². The molecule has 0 atom stereocenters. The fourth-order valence-corrected chi connectivity index (χ4v) is 9.94. The lowest BCUT2D eigenvalue weighted by atomic mass is 10.0. The number of phenolic OH excluding ortho intramolecular Hbond substituents is 1. The number of hydrogen-bond acceptors (Lipinski definition) is 22. The van der Waals surface area contributed by atoms with Crippen LogP contribution in [0.15, 0.2) is 250 Å². The minimum absolute atomic E-state index is 0.00453. The Kier molecular flexibility index (Phi) is 47.0. The van der Waals surface area contributed by atoms with E-state index in [1.165, 1.54) is 49.2 Å². The van der Waals surface area contributed by atoms with Gasteiger partial charge in [0.15, 0.2) is 0 Å². The largest absolute Gasteiger partial charge is 0.507 e. The Labute approximate surface area is 704 Å². The van der Waals surface area contributed by atoms with E-state index < -0.39 is 4.92 Å². The number of nitro groups is 1. The standard InChI is InChI=1S/C15H16N4O2.C14H22N4.C10H14N6O2.C10H14N4O2.C9H10Br2N4.C9H10Cl2N4.C9H12N4O/c16-15(17)19-18-9-12-6-7-13(8-14(12)20)21-10-11-4-2-1-3-5-11;1-3-4-5-6-13(17-18-14(15)16)12-9-7-11(2)8-10-12;1-15(2)8-4-3-7(5-9(8)16(17)18)6-13-14-10(11)12;1-15-8-3-4-9(16-2)7(5-8)6-13-14-10(11)12;1-5(14-15-9(12)13)7-4-6(10)2-3-8(7)11;1-5(14-15-9(12)13)7-3-2-6(10)4-8(7)11;1-14-8-4-2-3-7(5-8)6-12-13-9(10)11/h1-9,20H,10H2,(H4,16,17,19);7-10H,3-6H2,1-2H3,(H4,15,16,18);3-6H,1-2H3,(H4,11,12,14);3-6H,1-2H3,(H4,11,12,14);2*2-4H,1H3,(H4,12,13,15);2-6H,1H3,(H4,10,11,13)/b18-9+;17-13+;2*13-6+;2*14-5+;12-6+.